The molecule has 0 radical (unpaired) electrons. The summed E-state index contributed by atoms with van der Waals surface area (Å²) in [7, 11) is 0. The van der Waals surface area contributed by atoms with Gasteiger partial charge in [-0.25, -0.2) is 8.78 Å². The largest absolute Gasteiger partial charge is 0.391 e. The van der Waals surface area contributed by atoms with Gasteiger partial charge in [-0.2, -0.15) is 0 Å². The van der Waals surface area contributed by atoms with Crippen molar-refractivity contribution in [3.63, 3.8) is 0 Å². The number of aliphatic hydroxyl groups excluding tert-OH is 1. The maximum Gasteiger partial charge on any atom is 0.135 e. The number of hydrogen-bond donors (Lipinski definition) is 2. The van der Waals surface area contributed by atoms with Crippen LogP contribution in [0.1, 0.15) is 18.2 Å². The highest BCUT2D eigenvalue weighted by Gasteiger charge is 2.31. The van der Waals surface area contributed by atoms with Crippen LogP contribution in [0, 0.1) is 17.6 Å². The Kier molecular flexibility index (Phi) is 6.25. The first-order chi connectivity index (χ1) is 14.9. The lowest BCUT2D eigenvalue weighted by Crippen LogP contribution is -2.55. The van der Waals surface area contributed by atoms with Crippen molar-refractivity contribution in [1.82, 2.24) is 9.97 Å². The molecule has 0 aliphatic carbocycles. The molecule has 3 heterocycles. The summed E-state index contributed by atoms with van der Waals surface area (Å²) in [6.45, 7) is 3.28. The van der Waals surface area contributed by atoms with Crippen molar-refractivity contribution in [2.75, 3.05) is 18.0 Å². The zero-order valence-corrected chi connectivity index (χ0v) is 17.4. The summed E-state index contributed by atoms with van der Waals surface area (Å²) in [5.74, 6) is -1.19. The number of rotatable bonds is 5. The first kappa shape index (κ1) is 21.3. The van der Waals surface area contributed by atoms with Gasteiger partial charge in [-0.15, -0.1) is 0 Å². The fourth-order valence-corrected chi connectivity index (χ4v) is 4.20. The van der Waals surface area contributed by atoms with Crippen molar-refractivity contribution >= 4 is 5.69 Å². The molecule has 1 aliphatic rings. The molecule has 162 valence electrons. The van der Waals surface area contributed by atoms with Gasteiger partial charge in [0.05, 0.1) is 17.4 Å². The average Bonchev–Trinajstić information content (AvgIpc) is 2.76. The molecule has 0 amide bonds. The Labute approximate surface area is 180 Å². The van der Waals surface area contributed by atoms with Crippen LogP contribution in [-0.4, -0.2) is 40.3 Å². The number of pyridine rings is 2. The zero-order chi connectivity index (χ0) is 22.0. The van der Waals surface area contributed by atoms with Crippen molar-refractivity contribution in [1.29, 1.82) is 0 Å². The van der Waals surface area contributed by atoms with Crippen molar-refractivity contribution in [2.24, 2.45) is 11.7 Å². The van der Waals surface area contributed by atoms with Crippen molar-refractivity contribution in [2.45, 2.75) is 31.9 Å². The summed E-state index contributed by atoms with van der Waals surface area (Å²) >= 11 is 0. The molecular weight excluding hydrogens is 398 g/mol. The van der Waals surface area contributed by atoms with E-state index in [9.17, 15) is 13.9 Å². The average molecular weight is 424 g/mol. The van der Waals surface area contributed by atoms with Gasteiger partial charge in [0.2, 0.25) is 0 Å². The molecule has 5 nitrogen and oxygen atoms in total. The van der Waals surface area contributed by atoms with Crippen LogP contribution >= 0.6 is 0 Å². The van der Waals surface area contributed by atoms with E-state index in [4.69, 9.17) is 5.73 Å². The maximum atomic E-state index is 14.1. The molecule has 2 aromatic heterocycles. The van der Waals surface area contributed by atoms with Gasteiger partial charge < -0.3 is 15.7 Å². The number of nitrogens with zero attached hydrogens (tertiary/aromatic N) is 3. The fourth-order valence-electron chi connectivity index (χ4n) is 4.20. The van der Waals surface area contributed by atoms with Gasteiger partial charge in [0, 0.05) is 48.8 Å². The first-order valence-corrected chi connectivity index (χ1v) is 10.5. The number of anilines is 1. The molecule has 31 heavy (non-hydrogen) atoms. The molecule has 1 saturated heterocycles. The van der Waals surface area contributed by atoms with Crippen molar-refractivity contribution in [3.8, 4) is 11.3 Å². The number of aliphatic hydroxyl groups is 1. The minimum atomic E-state index is -0.628. The lowest BCUT2D eigenvalue weighted by molar-refractivity contribution is 0.0784. The molecule has 0 saturated carbocycles. The molecule has 3 atom stereocenters. The minimum Gasteiger partial charge on any atom is -0.391 e. The predicted molar refractivity (Wildman–Crippen MR) is 117 cm³/mol. The van der Waals surface area contributed by atoms with Gasteiger partial charge in [0.25, 0.3) is 0 Å². The van der Waals surface area contributed by atoms with Crippen LogP contribution in [0.5, 0.6) is 0 Å². The van der Waals surface area contributed by atoms with E-state index in [0.717, 1.165) is 16.9 Å². The zero-order valence-electron chi connectivity index (χ0n) is 17.4. The van der Waals surface area contributed by atoms with E-state index in [0.29, 0.717) is 25.9 Å². The topological polar surface area (TPSA) is 75.3 Å². The van der Waals surface area contributed by atoms with E-state index in [2.05, 4.69) is 14.9 Å². The van der Waals surface area contributed by atoms with E-state index >= 15 is 0 Å². The number of halogens is 2. The second-order valence-electron chi connectivity index (χ2n) is 8.15. The maximum absolute atomic E-state index is 14.1. The summed E-state index contributed by atoms with van der Waals surface area (Å²) in [6.07, 6.45) is 4.34. The van der Waals surface area contributed by atoms with E-state index < -0.39 is 17.7 Å². The van der Waals surface area contributed by atoms with E-state index in [-0.39, 0.29) is 23.2 Å². The summed E-state index contributed by atoms with van der Waals surface area (Å²) < 4.78 is 28.3. The number of aryl methyl sites for hydroxylation is 2. The van der Waals surface area contributed by atoms with Crippen LogP contribution < -0.4 is 10.6 Å². The third kappa shape index (κ3) is 4.57. The standard InChI is InChI=1S/C24H26F2N4O/c1-15-13-30(14-20(27)24(15)31)22-10-11-28-12-16(22)8-9-17-4-2-7-21(29-17)23-18(25)5-3-6-19(23)26/h2-7,10-12,15,20,24,31H,8-9,13-14,27H2,1H3/t15-,20+,24+/m0/s1. The quantitative estimate of drug-likeness (QED) is 0.657. The Bertz CT molecular complexity index is 1030. The van der Waals surface area contributed by atoms with Gasteiger partial charge >= 0.3 is 0 Å². The van der Waals surface area contributed by atoms with Crippen LogP contribution in [0.4, 0.5) is 14.5 Å². The molecule has 3 N–H and O–H groups in total. The Morgan fingerprint density at radius 3 is 2.55 bits per heavy atom. The van der Waals surface area contributed by atoms with Crippen LogP contribution in [0.25, 0.3) is 11.3 Å². The second-order valence-corrected chi connectivity index (χ2v) is 8.15. The number of hydrogen-bond acceptors (Lipinski definition) is 5. The smallest absolute Gasteiger partial charge is 0.135 e. The SMILES string of the molecule is C[C@H]1CN(c2ccncc2CCc2cccc(-c3c(F)cccc3F)n2)C[C@@H](N)[C@@H]1O. The third-order valence-corrected chi connectivity index (χ3v) is 5.86. The van der Waals surface area contributed by atoms with Crippen molar-refractivity contribution in [3.05, 3.63) is 77.8 Å². The number of nitrogens with two attached hydrogens (primary N) is 1. The molecule has 1 fully saturated rings. The molecule has 0 spiro atoms. The summed E-state index contributed by atoms with van der Waals surface area (Å²) in [5.41, 5.74) is 9.13. The molecule has 4 rings (SSSR count). The van der Waals surface area contributed by atoms with E-state index in [1.807, 2.05) is 25.3 Å². The Morgan fingerprint density at radius 2 is 1.81 bits per heavy atom. The third-order valence-electron chi connectivity index (χ3n) is 5.86. The van der Waals surface area contributed by atoms with Crippen LogP contribution in [0.15, 0.2) is 54.9 Å². The van der Waals surface area contributed by atoms with Crippen LogP contribution in [0.2, 0.25) is 0 Å². The highest BCUT2D eigenvalue weighted by atomic mass is 19.1. The lowest BCUT2D eigenvalue weighted by Gasteiger charge is -2.40. The van der Waals surface area contributed by atoms with Gasteiger partial charge in [-0.3, -0.25) is 9.97 Å². The highest BCUT2D eigenvalue weighted by molar-refractivity contribution is 5.61. The number of benzene rings is 1. The molecule has 7 heteroatoms. The molecule has 0 unspecified atom stereocenters. The van der Waals surface area contributed by atoms with E-state index in [1.165, 1.54) is 18.2 Å². The number of piperidine rings is 1. The van der Waals surface area contributed by atoms with Crippen LogP contribution in [-0.2, 0) is 12.8 Å². The van der Waals surface area contributed by atoms with Gasteiger partial charge in [-0.1, -0.05) is 19.1 Å². The molecular formula is C24H26F2N4O. The van der Waals surface area contributed by atoms with Gasteiger partial charge in [0.1, 0.15) is 11.6 Å². The summed E-state index contributed by atoms with van der Waals surface area (Å²) in [4.78, 5) is 10.9. The van der Waals surface area contributed by atoms with E-state index in [1.54, 1.807) is 18.3 Å². The summed E-state index contributed by atoms with van der Waals surface area (Å²) in [5, 5.41) is 10.2. The van der Waals surface area contributed by atoms with Crippen LogP contribution in [0.3, 0.4) is 0 Å². The van der Waals surface area contributed by atoms with Gasteiger partial charge in [-0.05, 0) is 48.7 Å². The molecule has 3 aromatic rings. The Morgan fingerprint density at radius 1 is 1.06 bits per heavy atom. The molecule has 0 bridgehead atoms. The molecule has 1 aromatic carbocycles. The van der Waals surface area contributed by atoms with Gasteiger partial charge in [0.15, 0.2) is 0 Å². The van der Waals surface area contributed by atoms with Crippen molar-refractivity contribution < 1.29 is 13.9 Å². The monoisotopic (exact) mass is 424 g/mol. The second kappa shape index (κ2) is 9.08. The lowest BCUT2D eigenvalue weighted by atomic mass is 9.92. The Hall–Kier alpha value is -2.90. The predicted octanol–water partition coefficient (Wildman–Crippen LogP) is 3.35. The normalized spacial score (nSPS) is 21.3. The number of aromatic nitrogens is 2. The fraction of sp³-hybridized carbons (Fsp3) is 0.333. The summed E-state index contributed by atoms with van der Waals surface area (Å²) in [6, 6.07) is 10.7. The minimum absolute atomic E-state index is 0.0683. The molecule has 1 aliphatic heterocycles. The first-order valence-electron chi connectivity index (χ1n) is 10.5. The highest BCUT2D eigenvalue weighted by Crippen LogP contribution is 2.28. The Balaban J connectivity index is 1.54.